The van der Waals surface area contributed by atoms with Crippen molar-refractivity contribution in [1.82, 2.24) is 10.2 Å². The molecule has 1 unspecified atom stereocenters. The standard InChI is InChI=1S/C16H26N6OS/c1-11(18)3-2-5-23-6-4-20-14-7-12(16(9-17)24-19)8-15-13(14)10-21-22-15/h7-11,20H,2-6,17-19H2,1H3,(H,21,22)/b16-9-. The zero-order valence-corrected chi connectivity index (χ0v) is 14.7. The van der Waals surface area contributed by atoms with Crippen LogP contribution >= 0.6 is 11.9 Å². The number of aromatic nitrogens is 2. The summed E-state index contributed by atoms with van der Waals surface area (Å²) in [4.78, 5) is 0.807. The molecule has 1 aromatic carbocycles. The molecule has 1 aromatic heterocycles. The summed E-state index contributed by atoms with van der Waals surface area (Å²) in [5, 5.41) is 17.2. The summed E-state index contributed by atoms with van der Waals surface area (Å²) in [6.07, 6.45) is 5.27. The van der Waals surface area contributed by atoms with Crippen LogP contribution in [0.15, 0.2) is 24.5 Å². The van der Waals surface area contributed by atoms with E-state index < -0.39 is 0 Å². The molecule has 0 saturated carbocycles. The van der Waals surface area contributed by atoms with Crippen LogP contribution in [-0.2, 0) is 4.74 Å². The summed E-state index contributed by atoms with van der Waals surface area (Å²) in [5.74, 6) is 0. The van der Waals surface area contributed by atoms with Crippen molar-refractivity contribution < 1.29 is 4.74 Å². The predicted molar refractivity (Wildman–Crippen MR) is 102 cm³/mol. The van der Waals surface area contributed by atoms with E-state index in [1.165, 1.54) is 6.20 Å². The van der Waals surface area contributed by atoms with Gasteiger partial charge in [-0.25, -0.2) is 0 Å². The second kappa shape index (κ2) is 9.53. The van der Waals surface area contributed by atoms with Crippen LogP contribution in [0.25, 0.3) is 15.8 Å². The van der Waals surface area contributed by atoms with Crippen LogP contribution in [0.1, 0.15) is 25.3 Å². The molecule has 1 atom stereocenters. The lowest BCUT2D eigenvalue weighted by Crippen LogP contribution is -2.16. The van der Waals surface area contributed by atoms with Crippen molar-refractivity contribution in [3.63, 3.8) is 0 Å². The molecule has 2 rings (SSSR count). The van der Waals surface area contributed by atoms with Gasteiger partial charge in [-0.2, -0.15) is 5.10 Å². The fourth-order valence-electron chi connectivity index (χ4n) is 2.41. The molecule has 0 fully saturated rings. The first-order valence-corrected chi connectivity index (χ1v) is 8.87. The van der Waals surface area contributed by atoms with Crippen molar-refractivity contribution in [1.29, 1.82) is 0 Å². The van der Waals surface area contributed by atoms with Gasteiger partial charge < -0.3 is 21.5 Å². The Labute approximate surface area is 146 Å². The summed E-state index contributed by atoms with van der Waals surface area (Å²) in [5.41, 5.74) is 14.2. The molecule has 0 spiro atoms. The maximum atomic E-state index is 5.71. The van der Waals surface area contributed by atoms with Crippen LogP contribution < -0.4 is 21.9 Å². The van der Waals surface area contributed by atoms with Crippen LogP contribution in [0.5, 0.6) is 0 Å². The lowest BCUT2D eigenvalue weighted by molar-refractivity contribution is 0.139. The molecule has 2 aromatic rings. The van der Waals surface area contributed by atoms with Gasteiger partial charge in [0.1, 0.15) is 0 Å². The van der Waals surface area contributed by atoms with Crippen molar-refractivity contribution in [2.75, 3.05) is 25.1 Å². The molecular weight excluding hydrogens is 324 g/mol. The Kier molecular flexibility index (Phi) is 7.38. The maximum Gasteiger partial charge on any atom is 0.0677 e. The van der Waals surface area contributed by atoms with E-state index in [-0.39, 0.29) is 6.04 Å². The molecule has 0 aliphatic heterocycles. The van der Waals surface area contributed by atoms with E-state index in [9.17, 15) is 0 Å². The number of anilines is 1. The number of H-pyrrole nitrogens is 1. The molecule has 0 saturated heterocycles. The van der Waals surface area contributed by atoms with Gasteiger partial charge in [0.15, 0.2) is 0 Å². The third kappa shape index (κ3) is 5.13. The first kappa shape index (κ1) is 18.6. The van der Waals surface area contributed by atoms with Crippen molar-refractivity contribution >= 4 is 33.4 Å². The molecule has 7 nitrogen and oxygen atoms in total. The number of hydrogen-bond donors (Lipinski definition) is 5. The Balaban J connectivity index is 1.94. The number of rotatable bonds is 10. The number of nitrogens with two attached hydrogens (primary N) is 3. The van der Waals surface area contributed by atoms with Gasteiger partial charge in [0.2, 0.25) is 0 Å². The summed E-state index contributed by atoms with van der Waals surface area (Å²) < 4.78 is 5.62. The van der Waals surface area contributed by atoms with Gasteiger partial charge in [0.25, 0.3) is 0 Å². The van der Waals surface area contributed by atoms with Gasteiger partial charge in [-0.05, 0) is 49.4 Å². The fourth-order valence-corrected chi connectivity index (χ4v) is 2.74. The van der Waals surface area contributed by atoms with E-state index in [0.717, 1.165) is 58.5 Å². The van der Waals surface area contributed by atoms with E-state index in [1.54, 1.807) is 6.20 Å². The molecule has 132 valence electrons. The number of nitrogens with one attached hydrogen (secondary N) is 2. The molecule has 24 heavy (non-hydrogen) atoms. The largest absolute Gasteiger partial charge is 0.404 e. The molecule has 0 aliphatic rings. The second-order valence-electron chi connectivity index (χ2n) is 5.66. The van der Waals surface area contributed by atoms with E-state index in [2.05, 4.69) is 15.5 Å². The highest BCUT2D eigenvalue weighted by molar-refractivity contribution is 8.06. The van der Waals surface area contributed by atoms with Crippen molar-refractivity contribution in [2.45, 2.75) is 25.8 Å². The Hall–Kier alpha value is -1.74. The summed E-state index contributed by atoms with van der Waals surface area (Å²) in [7, 11) is 0. The summed E-state index contributed by atoms with van der Waals surface area (Å²) in [6.45, 7) is 4.08. The van der Waals surface area contributed by atoms with E-state index >= 15 is 0 Å². The average molecular weight is 350 g/mol. The van der Waals surface area contributed by atoms with Crippen LogP contribution in [-0.4, -0.2) is 36.0 Å². The minimum absolute atomic E-state index is 0.231. The Morgan fingerprint density at radius 1 is 1.46 bits per heavy atom. The minimum Gasteiger partial charge on any atom is -0.404 e. The molecule has 8 heteroatoms. The Morgan fingerprint density at radius 3 is 3.00 bits per heavy atom. The third-order valence-electron chi connectivity index (χ3n) is 3.63. The summed E-state index contributed by atoms with van der Waals surface area (Å²) >= 11 is 1.12. The molecule has 0 radical (unpaired) electrons. The van der Waals surface area contributed by atoms with Crippen molar-refractivity contribution in [2.24, 2.45) is 16.6 Å². The minimum atomic E-state index is 0.231. The molecule has 0 aliphatic carbocycles. The molecule has 0 amide bonds. The monoisotopic (exact) mass is 350 g/mol. The van der Waals surface area contributed by atoms with Gasteiger partial charge in [-0.1, -0.05) is 0 Å². The van der Waals surface area contributed by atoms with Crippen LogP contribution in [0.3, 0.4) is 0 Å². The number of fused-ring (bicyclic) bond motifs is 1. The molecule has 0 bridgehead atoms. The number of ether oxygens (including phenoxy) is 1. The van der Waals surface area contributed by atoms with Crippen LogP contribution in [0.2, 0.25) is 0 Å². The zero-order chi connectivity index (χ0) is 17.4. The van der Waals surface area contributed by atoms with Crippen LogP contribution in [0, 0.1) is 0 Å². The van der Waals surface area contributed by atoms with Gasteiger partial charge >= 0.3 is 0 Å². The molecule has 8 N–H and O–H groups in total. The topological polar surface area (TPSA) is 128 Å². The smallest absolute Gasteiger partial charge is 0.0677 e. The highest BCUT2D eigenvalue weighted by Crippen LogP contribution is 2.30. The quantitative estimate of drug-likeness (QED) is 0.327. The second-order valence-corrected chi connectivity index (χ2v) is 6.34. The Bertz CT molecular complexity index is 670. The first-order valence-electron chi connectivity index (χ1n) is 7.99. The van der Waals surface area contributed by atoms with Gasteiger partial charge in [0.05, 0.1) is 18.3 Å². The van der Waals surface area contributed by atoms with Crippen molar-refractivity contribution in [3.8, 4) is 0 Å². The highest BCUT2D eigenvalue weighted by atomic mass is 32.2. The average Bonchev–Trinajstić information content (AvgIpc) is 3.03. The number of hydrogen-bond acceptors (Lipinski definition) is 7. The number of benzene rings is 1. The van der Waals surface area contributed by atoms with Gasteiger partial charge in [0, 0.05) is 41.4 Å². The highest BCUT2D eigenvalue weighted by Gasteiger charge is 2.09. The lowest BCUT2D eigenvalue weighted by Gasteiger charge is -2.11. The van der Waals surface area contributed by atoms with E-state index in [4.69, 9.17) is 21.3 Å². The lowest BCUT2D eigenvalue weighted by atomic mass is 10.1. The van der Waals surface area contributed by atoms with E-state index in [1.807, 2.05) is 19.1 Å². The fraction of sp³-hybridized carbons (Fsp3) is 0.438. The zero-order valence-electron chi connectivity index (χ0n) is 13.9. The number of aromatic amines is 1. The number of nitrogens with zero attached hydrogens (tertiary/aromatic N) is 1. The summed E-state index contributed by atoms with van der Waals surface area (Å²) in [6, 6.07) is 4.23. The van der Waals surface area contributed by atoms with E-state index in [0.29, 0.717) is 13.2 Å². The predicted octanol–water partition coefficient (Wildman–Crippen LogP) is 1.98. The normalized spacial score (nSPS) is 13.4. The first-order chi connectivity index (χ1) is 11.7. The van der Waals surface area contributed by atoms with Gasteiger partial charge in [-0.15, -0.1) is 0 Å². The third-order valence-corrected chi connectivity index (χ3v) is 4.26. The molecule has 1 heterocycles. The van der Waals surface area contributed by atoms with Gasteiger partial charge in [-0.3, -0.25) is 10.2 Å². The molecular formula is C16H26N6OS. The van der Waals surface area contributed by atoms with Crippen LogP contribution in [0.4, 0.5) is 5.69 Å². The van der Waals surface area contributed by atoms with Crippen molar-refractivity contribution in [3.05, 3.63) is 30.1 Å². The maximum absolute atomic E-state index is 5.71. The Morgan fingerprint density at radius 2 is 2.29 bits per heavy atom. The SMILES string of the molecule is CC(N)CCCOCCNc1cc(/C(=C/N)SN)cc2[nH]ncc12.